The molecule has 0 aliphatic heterocycles. The predicted octanol–water partition coefficient (Wildman–Crippen LogP) is 5.68. The van der Waals surface area contributed by atoms with Crippen LogP contribution in [0.15, 0.2) is 0 Å². The predicted molar refractivity (Wildman–Crippen MR) is 124 cm³/mol. The molecule has 0 aromatic heterocycles. The Bertz CT molecular complexity index is 381. The van der Waals surface area contributed by atoms with Crippen LogP contribution in [0, 0.1) is 0 Å². The number of nitrogens with one attached hydrogen (secondary N) is 1. The van der Waals surface area contributed by atoms with Gasteiger partial charge in [0.1, 0.15) is 6.04 Å². The molecular weight excluding hydrogens is 388 g/mol. The summed E-state index contributed by atoms with van der Waals surface area (Å²) in [6, 6.07) is -0.529. The molecule has 1 amide bonds. The first-order valence-corrected chi connectivity index (χ1v) is 11.8. The second-order valence-electron chi connectivity index (χ2n) is 7.86. The molecule has 6 heteroatoms. The van der Waals surface area contributed by atoms with E-state index in [0.717, 1.165) is 32.1 Å². The maximum atomic E-state index is 12.2. The molecule has 0 spiro atoms. The number of carbonyl (C=O) groups excluding carboxylic acids is 2. The first kappa shape index (κ1) is 30.4. The Morgan fingerprint density at radius 3 is 1.86 bits per heavy atom. The minimum absolute atomic E-state index is 0. The molecule has 0 aliphatic carbocycles. The Morgan fingerprint density at radius 2 is 1.34 bits per heavy atom. The summed E-state index contributed by atoms with van der Waals surface area (Å²) in [7, 11) is 0. The summed E-state index contributed by atoms with van der Waals surface area (Å²) in [6.07, 6.45) is 17.4. The van der Waals surface area contributed by atoms with Crippen molar-refractivity contribution in [3.8, 4) is 0 Å². The van der Waals surface area contributed by atoms with Gasteiger partial charge in [-0.2, -0.15) is 0 Å². The van der Waals surface area contributed by atoms with Gasteiger partial charge < -0.3 is 15.8 Å². The van der Waals surface area contributed by atoms with E-state index < -0.39 is 6.04 Å². The zero-order valence-electron chi connectivity index (χ0n) is 19.0. The van der Waals surface area contributed by atoms with E-state index in [1.165, 1.54) is 57.8 Å². The fraction of sp³-hybridized carbons (Fsp3) is 0.913. The van der Waals surface area contributed by atoms with Crippen molar-refractivity contribution in [2.45, 2.75) is 123 Å². The van der Waals surface area contributed by atoms with Crippen molar-refractivity contribution in [3.05, 3.63) is 0 Å². The molecule has 0 rings (SSSR count). The largest absolute Gasteiger partial charge is 0.464 e. The van der Waals surface area contributed by atoms with Gasteiger partial charge in [-0.05, 0) is 38.6 Å². The van der Waals surface area contributed by atoms with Crippen LogP contribution >= 0.6 is 12.4 Å². The highest BCUT2D eigenvalue weighted by Gasteiger charge is 2.21. The lowest BCUT2D eigenvalue weighted by Crippen LogP contribution is -2.42. The number of unbranched alkanes of at least 4 members (excludes halogenated alkanes) is 11. The van der Waals surface area contributed by atoms with Crippen molar-refractivity contribution in [3.63, 3.8) is 0 Å². The van der Waals surface area contributed by atoms with E-state index in [4.69, 9.17) is 10.5 Å². The molecule has 0 fully saturated rings. The summed E-state index contributed by atoms with van der Waals surface area (Å²) in [5.74, 6) is -0.353. The Balaban J connectivity index is 0. The molecule has 3 N–H and O–H groups in total. The van der Waals surface area contributed by atoms with Crippen molar-refractivity contribution in [2.75, 3.05) is 13.2 Å². The number of rotatable bonds is 20. The average Bonchev–Trinajstić information content (AvgIpc) is 2.69. The Morgan fingerprint density at radius 1 is 0.793 bits per heavy atom. The van der Waals surface area contributed by atoms with E-state index in [-0.39, 0.29) is 24.3 Å². The number of hydrogen-bond donors (Lipinski definition) is 2. The molecule has 5 nitrogen and oxygen atoms in total. The third-order valence-electron chi connectivity index (χ3n) is 5.02. The molecule has 0 radical (unpaired) electrons. The van der Waals surface area contributed by atoms with E-state index in [9.17, 15) is 9.59 Å². The monoisotopic (exact) mass is 434 g/mol. The van der Waals surface area contributed by atoms with Crippen molar-refractivity contribution < 1.29 is 14.3 Å². The minimum atomic E-state index is -0.529. The van der Waals surface area contributed by atoms with Crippen LogP contribution in [0.4, 0.5) is 0 Å². The van der Waals surface area contributed by atoms with Crippen LogP contribution in [0.2, 0.25) is 0 Å². The molecule has 29 heavy (non-hydrogen) atoms. The van der Waals surface area contributed by atoms with Gasteiger partial charge >= 0.3 is 5.97 Å². The van der Waals surface area contributed by atoms with Crippen LogP contribution in [-0.4, -0.2) is 31.1 Å². The van der Waals surface area contributed by atoms with Crippen LogP contribution < -0.4 is 11.1 Å². The van der Waals surface area contributed by atoms with Gasteiger partial charge in [0.2, 0.25) is 5.91 Å². The van der Waals surface area contributed by atoms with E-state index in [1.54, 1.807) is 0 Å². The highest BCUT2D eigenvalue weighted by molar-refractivity contribution is 5.85. The second kappa shape index (κ2) is 23.5. The minimum Gasteiger partial charge on any atom is -0.464 e. The summed E-state index contributed by atoms with van der Waals surface area (Å²) in [6.45, 7) is 5.21. The molecule has 0 aliphatic rings. The van der Waals surface area contributed by atoms with E-state index in [2.05, 4.69) is 12.2 Å². The SMILES string of the molecule is CCCCCCCCCCCCCC(=O)N[C@@H](CCCCN)C(=O)OCCC.Cl. The second-order valence-corrected chi connectivity index (χ2v) is 7.86. The first-order chi connectivity index (χ1) is 13.7. The Kier molecular flexibility index (Phi) is 24.6. The lowest BCUT2D eigenvalue weighted by atomic mass is 10.0. The lowest BCUT2D eigenvalue weighted by Gasteiger charge is -2.17. The van der Waals surface area contributed by atoms with Gasteiger partial charge in [-0.15, -0.1) is 12.4 Å². The van der Waals surface area contributed by atoms with Gasteiger partial charge in [0.15, 0.2) is 0 Å². The summed E-state index contributed by atoms with van der Waals surface area (Å²) < 4.78 is 5.21. The quantitative estimate of drug-likeness (QED) is 0.191. The fourth-order valence-electron chi connectivity index (χ4n) is 3.26. The van der Waals surface area contributed by atoms with Crippen LogP contribution in [0.1, 0.15) is 117 Å². The maximum Gasteiger partial charge on any atom is 0.328 e. The summed E-state index contributed by atoms with van der Waals surface area (Å²) >= 11 is 0. The van der Waals surface area contributed by atoms with Crippen LogP contribution in [0.25, 0.3) is 0 Å². The van der Waals surface area contributed by atoms with Gasteiger partial charge in [0.25, 0.3) is 0 Å². The molecule has 1 atom stereocenters. The molecule has 0 unspecified atom stereocenters. The molecule has 0 aromatic carbocycles. The normalized spacial score (nSPS) is 11.6. The van der Waals surface area contributed by atoms with E-state index in [1.807, 2.05) is 6.92 Å². The zero-order valence-corrected chi connectivity index (χ0v) is 19.8. The third-order valence-corrected chi connectivity index (χ3v) is 5.02. The van der Waals surface area contributed by atoms with E-state index >= 15 is 0 Å². The Hall–Kier alpha value is -0.810. The van der Waals surface area contributed by atoms with Crippen LogP contribution in [-0.2, 0) is 14.3 Å². The zero-order chi connectivity index (χ0) is 20.9. The van der Waals surface area contributed by atoms with Crippen molar-refractivity contribution >= 4 is 24.3 Å². The number of carbonyl (C=O) groups is 2. The number of hydrogen-bond acceptors (Lipinski definition) is 4. The van der Waals surface area contributed by atoms with Gasteiger partial charge in [0, 0.05) is 6.42 Å². The van der Waals surface area contributed by atoms with Crippen molar-refractivity contribution in [1.29, 1.82) is 0 Å². The highest BCUT2D eigenvalue weighted by atomic mass is 35.5. The Labute approximate surface area is 185 Å². The topological polar surface area (TPSA) is 81.4 Å². The number of halogens is 1. The van der Waals surface area contributed by atoms with Gasteiger partial charge in [-0.1, -0.05) is 78.1 Å². The van der Waals surface area contributed by atoms with E-state index in [0.29, 0.717) is 26.0 Å². The summed E-state index contributed by atoms with van der Waals surface area (Å²) in [5, 5.41) is 2.87. The van der Waals surface area contributed by atoms with Crippen molar-refractivity contribution in [2.24, 2.45) is 5.73 Å². The fourth-order valence-corrected chi connectivity index (χ4v) is 3.26. The van der Waals surface area contributed by atoms with Crippen molar-refractivity contribution in [1.82, 2.24) is 5.32 Å². The molecule has 0 heterocycles. The lowest BCUT2D eigenvalue weighted by molar-refractivity contribution is -0.148. The molecule has 0 saturated heterocycles. The third kappa shape index (κ3) is 20.2. The van der Waals surface area contributed by atoms with Gasteiger partial charge in [0.05, 0.1) is 6.61 Å². The number of esters is 1. The highest BCUT2D eigenvalue weighted by Crippen LogP contribution is 2.12. The number of ether oxygens (including phenoxy) is 1. The number of nitrogens with two attached hydrogens (primary N) is 1. The van der Waals surface area contributed by atoms with Gasteiger partial charge in [-0.25, -0.2) is 4.79 Å². The standard InChI is InChI=1S/C23H46N2O3.ClH/c1-3-5-6-7-8-9-10-11-12-13-14-18-22(26)25-21(17-15-16-19-24)23(27)28-20-4-2;/h21H,3-20,24H2,1-2H3,(H,25,26);1H/t21-;/m0./s1. The summed E-state index contributed by atoms with van der Waals surface area (Å²) in [4.78, 5) is 24.3. The summed E-state index contributed by atoms with van der Waals surface area (Å²) in [5.41, 5.74) is 5.52. The molecule has 0 bridgehead atoms. The maximum absolute atomic E-state index is 12.2. The molecule has 0 saturated carbocycles. The smallest absolute Gasteiger partial charge is 0.328 e. The first-order valence-electron chi connectivity index (χ1n) is 11.8. The molecule has 174 valence electrons. The van der Waals surface area contributed by atoms with Crippen LogP contribution in [0.3, 0.4) is 0 Å². The number of amides is 1. The van der Waals surface area contributed by atoms with Crippen LogP contribution in [0.5, 0.6) is 0 Å². The van der Waals surface area contributed by atoms with Gasteiger partial charge in [-0.3, -0.25) is 4.79 Å². The molecule has 0 aromatic rings. The average molecular weight is 435 g/mol. The molecular formula is C23H47ClN2O3.